The molecule has 0 amide bonds. The van der Waals surface area contributed by atoms with Crippen molar-refractivity contribution in [3.8, 4) is 11.5 Å². The van der Waals surface area contributed by atoms with Crippen molar-refractivity contribution in [2.75, 3.05) is 14.2 Å². The van der Waals surface area contributed by atoms with Gasteiger partial charge in [0.05, 0.1) is 25.2 Å². The average molecular weight is 341 g/mol. The Morgan fingerprint density at radius 1 is 1.08 bits per heavy atom. The van der Waals surface area contributed by atoms with Crippen LogP contribution in [0.5, 0.6) is 11.5 Å². The molecule has 2 aromatic rings. The van der Waals surface area contributed by atoms with E-state index in [0.717, 1.165) is 23.1 Å². The molecule has 7 nitrogen and oxygen atoms in total. The fraction of sp³-hybridized carbons (Fsp3) is 0.333. The Morgan fingerprint density at radius 3 is 2.32 bits per heavy atom. The molecule has 0 spiro atoms. The zero-order valence-corrected chi connectivity index (χ0v) is 14.3. The Bertz CT molecular complexity index is 818. The molecule has 130 valence electrons. The van der Waals surface area contributed by atoms with Gasteiger partial charge >= 0.3 is 0 Å². The van der Waals surface area contributed by atoms with Gasteiger partial charge in [-0.15, -0.1) is 0 Å². The van der Waals surface area contributed by atoms with E-state index in [1.807, 2.05) is 19.1 Å². The molecule has 1 heterocycles. The smallest absolute Gasteiger partial charge is 0.269 e. The minimum Gasteiger partial charge on any atom is -0.493 e. The van der Waals surface area contributed by atoms with E-state index in [1.54, 1.807) is 26.4 Å². The highest BCUT2D eigenvalue weighted by atomic mass is 16.6. The third-order valence-electron chi connectivity index (χ3n) is 4.25. The normalized spacial score (nSPS) is 19.0. The van der Waals surface area contributed by atoms with Crippen molar-refractivity contribution in [2.45, 2.75) is 25.4 Å². The lowest BCUT2D eigenvalue weighted by atomic mass is 9.92. The molecular formula is C18H19N3O4. The summed E-state index contributed by atoms with van der Waals surface area (Å²) >= 11 is 0. The highest BCUT2D eigenvalue weighted by Gasteiger charge is 2.24. The molecule has 1 unspecified atom stereocenters. The van der Waals surface area contributed by atoms with Crippen molar-refractivity contribution in [2.24, 2.45) is 10.2 Å². The van der Waals surface area contributed by atoms with Crippen LogP contribution >= 0.6 is 0 Å². The van der Waals surface area contributed by atoms with Crippen LogP contribution in [0.25, 0.3) is 0 Å². The van der Waals surface area contributed by atoms with Crippen LogP contribution in [-0.2, 0) is 6.42 Å². The van der Waals surface area contributed by atoms with E-state index in [4.69, 9.17) is 9.47 Å². The molecule has 0 bridgehead atoms. The van der Waals surface area contributed by atoms with Crippen molar-refractivity contribution in [3.63, 3.8) is 0 Å². The maximum absolute atomic E-state index is 10.9. The fourth-order valence-electron chi connectivity index (χ4n) is 2.99. The number of rotatable bonds is 4. The Hall–Kier alpha value is -2.96. The van der Waals surface area contributed by atoms with Crippen molar-refractivity contribution in [1.82, 2.24) is 0 Å². The van der Waals surface area contributed by atoms with Crippen LogP contribution < -0.4 is 9.47 Å². The standard InChI is InChI=1S/C18H19N3O4/c1-11-8-13-9-16(24-2)17(25-3)10-15(13)18(20-19-11)12-4-6-14(7-5-12)21(22)23/h4-7,9-11,18H,8H2,1-3H3/t11-,18?/m0/s1. The Balaban J connectivity index is 2.11. The number of methoxy groups -OCH3 is 2. The van der Waals surface area contributed by atoms with Gasteiger partial charge < -0.3 is 9.47 Å². The molecule has 3 rings (SSSR count). The quantitative estimate of drug-likeness (QED) is 0.619. The molecule has 0 aromatic heterocycles. The zero-order valence-electron chi connectivity index (χ0n) is 14.3. The minimum absolute atomic E-state index is 0.0416. The second kappa shape index (κ2) is 6.88. The first-order chi connectivity index (χ1) is 12.0. The fourth-order valence-corrected chi connectivity index (χ4v) is 2.99. The second-order valence-electron chi connectivity index (χ2n) is 5.94. The number of nitrogens with zero attached hydrogens (tertiary/aromatic N) is 3. The number of non-ortho nitro benzene ring substituents is 1. The van der Waals surface area contributed by atoms with E-state index in [0.29, 0.717) is 11.5 Å². The van der Waals surface area contributed by atoms with Crippen molar-refractivity contribution >= 4 is 5.69 Å². The van der Waals surface area contributed by atoms with Crippen LogP contribution in [0.3, 0.4) is 0 Å². The molecule has 0 saturated heterocycles. The Kier molecular flexibility index (Phi) is 4.65. The largest absolute Gasteiger partial charge is 0.493 e. The Morgan fingerprint density at radius 2 is 1.72 bits per heavy atom. The van der Waals surface area contributed by atoms with Crippen molar-refractivity contribution in [3.05, 3.63) is 63.2 Å². The van der Waals surface area contributed by atoms with Crippen LogP contribution in [0.2, 0.25) is 0 Å². The summed E-state index contributed by atoms with van der Waals surface area (Å²) in [5.74, 6) is 1.29. The van der Waals surface area contributed by atoms with E-state index < -0.39 is 4.92 Å². The summed E-state index contributed by atoms with van der Waals surface area (Å²) in [5, 5.41) is 19.7. The van der Waals surface area contributed by atoms with Gasteiger partial charge in [0.15, 0.2) is 11.5 Å². The lowest BCUT2D eigenvalue weighted by Gasteiger charge is -2.17. The molecule has 2 atom stereocenters. The monoisotopic (exact) mass is 341 g/mol. The number of nitro groups is 1. The molecule has 0 N–H and O–H groups in total. The van der Waals surface area contributed by atoms with Gasteiger partial charge in [0.25, 0.3) is 5.69 Å². The molecule has 0 radical (unpaired) electrons. The summed E-state index contributed by atoms with van der Waals surface area (Å²) in [6.45, 7) is 2.00. The Labute approximate surface area is 145 Å². The second-order valence-corrected chi connectivity index (χ2v) is 5.94. The third-order valence-corrected chi connectivity index (χ3v) is 4.25. The molecule has 7 heteroatoms. The average Bonchev–Trinajstić information content (AvgIpc) is 2.78. The summed E-state index contributed by atoms with van der Waals surface area (Å²) in [5.41, 5.74) is 2.95. The summed E-state index contributed by atoms with van der Waals surface area (Å²) in [6.07, 6.45) is 0.739. The highest BCUT2D eigenvalue weighted by Crippen LogP contribution is 2.39. The van der Waals surface area contributed by atoms with Gasteiger partial charge in [0.1, 0.15) is 6.04 Å². The molecule has 1 aliphatic rings. The number of ether oxygens (including phenoxy) is 2. The number of hydrogen-bond acceptors (Lipinski definition) is 6. The van der Waals surface area contributed by atoms with Crippen LogP contribution in [0.4, 0.5) is 5.69 Å². The number of hydrogen-bond donors (Lipinski definition) is 0. The van der Waals surface area contributed by atoms with Crippen molar-refractivity contribution in [1.29, 1.82) is 0 Å². The van der Waals surface area contributed by atoms with Crippen LogP contribution in [-0.4, -0.2) is 25.2 Å². The first-order valence-electron chi connectivity index (χ1n) is 7.92. The van der Waals surface area contributed by atoms with Crippen molar-refractivity contribution < 1.29 is 14.4 Å². The summed E-state index contributed by atoms with van der Waals surface area (Å²) < 4.78 is 10.8. The predicted octanol–water partition coefficient (Wildman–Crippen LogP) is 4.10. The summed E-state index contributed by atoms with van der Waals surface area (Å²) in [6, 6.07) is 9.99. The van der Waals surface area contributed by atoms with Crippen LogP contribution in [0.15, 0.2) is 46.6 Å². The highest BCUT2D eigenvalue weighted by molar-refractivity contribution is 5.51. The van der Waals surface area contributed by atoms with Gasteiger partial charge in [-0.1, -0.05) is 0 Å². The number of fused-ring (bicyclic) bond motifs is 1. The molecule has 25 heavy (non-hydrogen) atoms. The molecular weight excluding hydrogens is 322 g/mol. The predicted molar refractivity (Wildman–Crippen MR) is 92.5 cm³/mol. The van der Waals surface area contributed by atoms with Gasteiger partial charge in [-0.05, 0) is 54.3 Å². The SMILES string of the molecule is COc1cc2c(cc1OC)C(c1ccc([N+](=O)[O-])cc1)N=N[C@@H](C)C2. The van der Waals surface area contributed by atoms with Crippen LogP contribution in [0, 0.1) is 10.1 Å². The van der Waals surface area contributed by atoms with Gasteiger partial charge in [0, 0.05) is 12.1 Å². The van der Waals surface area contributed by atoms with Gasteiger partial charge in [-0.25, -0.2) is 0 Å². The molecule has 1 aliphatic heterocycles. The molecule has 0 saturated carbocycles. The number of azo groups is 1. The van der Waals surface area contributed by atoms with Crippen LogP contribution in [0.1, 0.15) is 29.7 Å². The minimum atomic E-state index is -0.414. The summed E-state index contributed by atoms with van der Waals surface area (Å²) in [4.78, 5) is 10.5. The lowest BCUT2D eigenvalue weighted by Crippen LogP contribution is -2.05. The number of nitro benzene ring substituents is 1. The van der Waals surface area contributed by atoms with Gasteiger partial charge in [-0.3, -0.25) is 10.1 Å². The first kappa shape index (κ1) is 16.9. The summed E-state index contributed by atoms with van der Waals surface area (Å²) in [7, 11) is 3.19. The van der Waals surface area contributed by atoms with E-state index in [2.05, 4.69) is 10.2 Å². The van der Waals surface area contributed by atoms with E-state index in [-0.39, 0.29) is 17.8 Å². The van der Waals surface area contributed by atoms with E-state index in [1.165, 1.54) is 12.1 Å². The maximum atomic E-state index is 10.9. The van der Waals surface area contributed by atoms with E-state index in [9.17, 15) is 10.1 Å². The molecule has 0 fully saturated rings. The topological polar surface area (TPSA) is 86.3 Å². The molecule has 0 aliphatic carbocycles. The van der Waals surface area contributed by atoms with Gasteiger partial charge in [0.2, 0.25) is 0 Å². The molecule has 2 aromatic carbocycles. The first-order valence-corrected chi connectivity index (χ1v) is 7.92. The lowest BCUT2D eigenvalue weighted by molar-refractivity contribution is -0.384. The zero-order chi connectivity index (χ0) is 18.0. The third kappa shape index (κ3) is 3.31. The number of benzene rings is 2. The van der Waals surface area contributed by atoms with Gasteiger partial charge in [-0.2, -0.15) is 10.2 Å². The maximum Gasteiger partial charge on any atom is 0.269 e. The van der Waals surface area contributed by atoms with E-state index >= 15 is 0 Å².